The summed E-state index contributed by atoms with van der Waals surface area (Å²) in [6.45, 7) is 15.6. The highest BCUT2D eigenvalue weighted by atomic mass is 32.2. The minimum Gasteiger partial charge on any atom is -0.325 e. The highest BCUT2D eigenvalue weighted by molar-refractivity contribution is 8.11. The normalized spacial score (nSPS) is 10.9. The molecule has 0 aliphatic heterocycles. The van der Waals surface area contributed by atoms with E-state index in [4.69, 9.17) is 4.98 Å². The Bertz CT molecular complexity index is 809. The first kappa shape index (κ1) is 22.6. The topological polar surface area (TPSA) is 54.9 Å². The number of Topliss-reactive ketones (excluding diaryl/α,β-unsaturated/α-hetero) is 1. The van der Waals surface area contributed by atoms with Crippen LogP contribution in [0.3, 0.4) is 0 Å². The molecule has 2 rings (SSSR count). The van der Waals surface area contributed by atoms with Crippen LogP contribution in [0.4, 0.5) is 11.6 Å². The Morgan fingerprint density at radius 3 is 2.44 bits per heavy atom. The van der Waals surface area contributed by atoms with Gasteiger partial charge in [0.05, 0.1) is 5.69 Å². The molecule has 0 fully saturated rings. The predicted octanol–water partition coefficient (Wildman–Crippen LogP) is 6.39. The summed E-state index contributed by atoms with van der Waals surface area (Å²) < 4.78 is 0. The van der Waals surface area contributed by atoms with Crippen molar-refractivity contribution in [1.82, 2.24) is 9.97 Å². The van der Waals surface area contributed by atoms with Gasteiger partial charge in [-0.15, -0.1) is 0 Å². The zero-order chi connectivity index (χ0) is 20.4. The van der Waals surface area contributed by atoms with E-state index in [9.17, 15) is 4.79 Å². The molecule has 0 amide bonds. The monoisotopic (exact) mass is 383 g/mol. The zero-order valence-corrected chi connectivity index (χ0v) is 17.9. The zero-order valence-electron chi connectivity index (χ0n) is 17.0. The van der Waals surface area contributed by atoms with Gasteiger partial charge in [-0.1, -0.05) is 44.3 Å². The molecule has 1 N–H and O–H groups in total. The molecule has 0 bridgehead atoms. The van der Waals surface area contributed by atoms with E-state index in [0.29, 0.717) is 5.92 Å². The standard InChI is InChI=1S/C19H23N3S.C3H6O/c1-6-17(23-15(5)13(2)3)16-8-7-9-18(21-16)22-19-12-14(4)10-11-20-19;1-3(2)4/h6-13H,5H2,1-4H3,(H,20,21,22);1-2H3/b17-6-;. The summed E-state index contributed by atoms with van der Waals surface area (Å²) in [5, 5.41) is 3.26. The van der Waals surface area contributed by atoms with Crippen molar-refractivity contribution in [2.75, 3.05) is 5.32 Å². The molecule has 2 heterocycles. The summed E-state index contributed by atoms with van der Waals surface area (Å²) in [6.07, 6.45) is 3.87. The lowest BCUT2D eigenvalue weighted by Crippen LogP contribution is -1.98. The molecule has 2 aromatic heterocycles. The van der Waals surface area contributed by atoms with E-state index in [0.717, 1.165) is 32.7 Å². The van der Waals surface area contributed by atoms with Crippen molar-refractivity contribution in [3.05, 3.63) is 65.3 Å². The minimum absolute atomic E-state index is 0.167. The van der Waals surface area contributed by atoms with E-state index in [2.05, 4.69) is 36.8 Å². The molecule has 0 saturated heterocycles. The largest absolute Gasteiger partial charge is 0.325 e. The third-order valence-corrected chi connectivity index (χ3v) is 4.72. The van der Waals surface area contributed by atoms with Gasteiger partial charge in [-0.25, -0.2) is 9.97 Å². The van der Waals surface area contributed by atoms with Gasteiger partial charge >= 0.3 is 0 Å². The molecule has 0 aliphatic carbocycles. The number of hydrogen-bond acceptors (Lipinski definition) is 5. The van der Waals surface area contributed by atoms with Crippen molar-refractivity contribution in [3.63, 3.8) is 0 Å². The van der Waals surface area contributed by atoms with Crippen molar-refractivity contribution in [1.29, 1.82) is 0 Å². The number of anilines is 2. The van der Waals surface area contributed by atoms with Crippen molar-refractivity contribution in [2.45, 2.75) is 41.5 Å². The maximum absolute atomic E-state index is 9.44. The van der Waals surface area contributed by atoms with E-state index >= 15 is 0 Å². The quantitative estimate of drug-likeness (QED) is 0.626. The van der Waals surface area contributed by atoms with Crippen LogP contribution in [0.2, 0.25) is 0 Å². The number of aromatic nitrogens is 2. The summed E-state index contributed by atoms with van der Waals surface area (Å²) in [5.74, 6) is 2.19. The van der Waals surface area contributed by atoms with Gasteiger partial charge in [0.15, 0.2) is 0 Å². The molecular formula is C22H29N3OS. The van der Waals surface area contributed by atoms with Crippen LogP contribution in [0, 0.1) is 12.8 Å². The number of rotatable bonds is 6. The molecule has 144 valence electrons. The van der Waals surface area contributed by atoms with Gasteiger partial charge < -0.3 is 10.1 Å². The number of nitrogens with zero attached hydrogens (tertiary/aromatic N) is 2. The Morgan fingerprint density at radius 2 is 1.89 bits per heavy atom. The first-order valence-corrected chi connectivity index (χ1v) is 9.71. The summed E-state index contributed by atoms with van der Waals surface area (Å²) in [6, 6.07) is 9.94. The first-order chi connectivity index (χ1) is 12.7. The number of nitrogens with one attached hydrogen (secondary N) is 1. The molecule has 0 spiro atoms. The molecule has 27 heavy (non-hydrogen) atoms. The number of pyridine rings is 2. The van der Waals surface area contributed by atoms with Crippen molar-refractivity contribution >= 4 is 34.1 Å². The maximum atomic E-state index is 9.44. The highest BCUT2D eigenvalue weighted by Gasteiger charge is 2.09. The number of aryl methyl sites for hydroxylation is 1. The highest BCUT2D eigenvalue weighted by Crippen LogP contribution is 2.35. The van der Waals surface area contributed by atoms with Crippen LogP contribution < -0.4 is 5.32 Å². The van der Waals surface area contributed by atoms with E-state index in [1.54, 1.807) is 18.0 Å². The predicted molar refractivity (Wildman–Crippen MR) is 118 cm³/mol. The smallest absolute Gasteiger partial charge is 0.132 e. The Hall–Kier alpha value is -2.40. The van der Waals surface area contributed by atoms with Gasteiger partial charge in [-0.2, -0.15) is 0 Å². The Morgan fingerprint density at radius 1 is 1.22 bits per heavy atom. The van der Waals surface area contributed by atoms with Crippen LogP contribution in [-0.4, -0.2) is 15.8 Å². The molecule has 4 nitrogen and oxygen atoms in total. The van der Waals surface area contributed by atoms with Gasteiger partial charge in [-0.05, 0) is 68.3 Å². The molecule has 5 heteroatoms. The van der Waals surface area contributed by atoms with Gasteiger partial charge in [0.2, 0.25) is 0 Å². The summed E-state index contributed by atoms with van der Waals surface area (Å²) in [7, 11) is 0. The second kappa shape index (κ2) is 11.3. The molecule has 2 aromatic rings. The van der Waals surface area contributed by atoms with Crippen LogP contribution in [0.15, 0.2) is 54.1 Å². The van der Waals surface area contributed by atoms with E-state index in [1.165, 1.54) is 13.8 Å². The van der Waals surface area contributed by atoms with Gasteiger partial charge in [0.25, 0.3) is 0 Å². The van der Waals surface area contributed by atoms with E-state index in [-0.39, 0.29) is 5.78 Å². The number of hydrogen-bond donors (Lipinski definition) is 1. The molecule has 0 aliphatic rings. The number of ketones is 1. The van der Waals surface area contributed by atoms with Crippen molar-refractivity contribution < 1.29 is 4.79 Å². The average Bonchev–Trinajstić information content (AvgIpc) is 2.59. The molecular weight excluding hydrogens is 354 g/mol. The summed E-state index contributed by atoms with van der Waals surface area (Å²) in [5.41, 5.74) is 2.11. The second-order valence-electron chi connectivity index (χ2n) is 6.54. The number of carbonyl (C=O) groups excluding carboxylic acids is 1. The molecule has 0 saturated carbocycles. The van der Waals surface area contributed by atoms with Crippen LogP contribution in [0.5, 0.6) is 0 Å². The second-order valence-corrected chi connectivity index (χ2v) is 7.70. The summed E-state index contributed by atoms with van der Waals surface area (Å²) in [4.78, 5) is 20.7. The molecule has 0 atom stereocenters. The number of allylic oxidation sites excluding steroid dienone is 2. The van der Waals surface area contributed by atoms with E-state index in [1.807, 2.05) is 44.2 Å². The van der Waals surface area contributed by atoms with Crippen LogP contribution in [0.25, 0.3) is 4.91 Å². The van der Waals surface area contributed by atoms with Gasteiger partial charge in [0, 0.05) is 11.1 Å². The van der Waals surface area contributed by atoms with Crippen LogP contribution >= 0.6 is 11.8 Å². The lowest BCUT2D eigenvalue weighted by molar-refractivity contribution is -0.114. The van der Waals surface area contributed by atoms with Crippen LogP contribution in [-0.2, 0) is 4.79 Å². The van der Waals surface area contributed by atoms with Gasteiger partial charge in [-0.3, -0.25) is 0 Å². The molecule has 0 radical (unpaired) electrons. The number of carbonyl (C=O) groups is 1. The maximum Gasteiger partial charge on any atom is 0.132 e. The van der Waals surface area contributed by atoms with Crippen molar-refractivity contribution in [2.24, 2.45) is 5.92 Å². The molecule has 0 unspecified atom stereocenters. The Kier molecular flexibility index (Phi) is 9.51. The fourth-order valence-electron chi connectivity index (χ4n) is 1.90. The minimum atomic E-state index is 0.167. The van der Waals surface area contributed by atoms with Crippen LogP contribution in [0.1, 0.15) is 45.9 Å². The fraction of sp³-hybridized carbons (Fsp3) is 0.318. The first-order valence-electron chi connectivity index (χ1n) is 8.90. The number of thioether (sulfide) groups is 1. The third-order valence-electron chi connectivity index (χ3n) is 3.32. The third kappa shape index (κ3) is 8.69. The Balaban J connectivity index is 0.000000828. The average molecular weight is 384 g/mol. The van der Waals surface area contributed by atoms with Crippen molar-refractivity contribution in [3.8, 4) is 0 Å². The fourth-order valence-corrected chi connectivity index (χ4v) is 2.75. The summed E-state index contributed by atoms with van der Waals surface area (Å²) >= 11 is 1.68. The molecule has 0 aromatic carbocycles. The lowest BCUT2D eigenvalue weighted by Gasteiger charge is -2.13. The lowest BCUT2D eigenvalue weighted by atomic mass is 10.2. The van der Waals surface area contributed by atoms with Gasteiger partial charge in [0.1, 0.15) is 17.4 Å². The van der Waals surface area contributed by atoms with E-state index < -0.39 is 0 Å². The Labute approximate surface area is 167 Å². The SMILES string of the molecule is C=C(S/C(=C\C)c1cccc(Nc2cc(C)ccn2)n1)C(C)C.CC(C)=O.